The first-order chi connectivity index (χ1) is 8.93. The second-order valence-corrected chi connectivity index (χ2v) is 4.22. The fraction of sp³-hybridized carbons (Fsp3) is 1.00. The number of aliphatic hydroxyl groups excluding tert-OH is 1. The molecule has 0 aromatic heterocycles. The van der Waals surface area contributed by atoms with Crippen LogP contribution < -0.4 is 0 Å². The summed E-state index contributed by atoms with van der Waals surface area (Å²) in [5, 5.41) is 7.00. The zero-order valence-electron chi connectivity index (χ0n) is 13.1. The molecular formula is C15H35NO2. The van der Waals surface area contributed by atoms with Gasteiger partial charge in [-0.05, 0) is 13.0 Å². The first-order valence-electron chi connectivity index (χ1n) is 7.68. The van der Waals surface area contributed by atoms with Crippen LogP contribution in [0, 0.1) is 0 Å². The van der Waals surface area contributed by atoms with Crippen molar-refractivity contribution in [3.8, 4) is 0 Å². The maximum Gasteiger partial charge on any atom is 0.0594 e. The Balaban J connectivity index is 0. The van der Waals surface area contributed by atoms with E-state index < -0.39 is 0 Å². The Labute approximate surface area is 115 Å². The van der Waals surface area contributed by atoms with E-state index in [-0.39, 0.29) is 0 Å². The molecule has 3 nitrogen and oxygen atoms in total. The molecule has 18 heavy (non-hydrogen) atoms. The summed E-state index contributed by atoms with van der Waals surface area (Å²) in [4.78, 5) is 2.53. The second-order valence-electron chi connectivity index (χ2n) is 4.22. The summed E-state index contributed by atoms with van der Waals surface area (Å²) >= 11 is 0. The van der Waals surface area contributed by atoms with Gasteiger partial charge in [0, 0.05) is 20.2 Å². The molecule has 1 N–H and O–H groups in total. The molecule has 3 heteroatoms. The lowest BCUT2D eigenvalue weighted by atomic mass is 10.1. The van der Waals surface area contributed by atoms with Crippen LogP contribution in [-0.4, -0.2) is 50.0 Å². The van der Waals surface area contributed by atoms with Gasteiger partial charge in [0.25, 0.3) is 0 Å². The Bertz CT molecular complexity index is 126. The van der Waals surface area contributed by atoms with Gasteiger partial charge in [-0.2, -0.15) is 0 Å². The first-order valence-corrected chi connectivity index (χ1v) is 7.68. The summed E-state index contributed by atoms with van der Waals surface area (Å²) in [5.41, 5.74) is 0. The van der Waals surface area contributed by atoms with Crippen molar-refractivity contribution >= 4 is 0 Å². The molecule has 0 atom stereocenters. The molecule has 0 bridgehead atoms. The zero-order chi connectivity index (χ0) is 14.1. The van der Waals surface area contributed by atoms with Gasteiger partial charge in [0.15, 0.2) is 0 Å². The third-order valence-electron chi connectivity index (χ3n) is 2.93. The van der Waals surface area contributed by atoms with Gasteiger partial charge in [-0.25, -0.2) is 0 Å². The smallest absolute Gasteiger partial charge is 0.0594 e. The minimum absolute atomic E-state index is 0.940. The first kappa shape index (κ1) is 20.2. The normalized spacial score (nSPS) is 15.2. The van der Waals surface area contributed by atoms with Crippen LogP contribution in [0.15, 0.2) is 0 Å². The predicted octanol–water partition coefficient (Wildman–Crippen LogP) is 3.31. The molecule has 0 radical (unpaired) electrons. The number of ether oxygens (including phenoxy) is 1. The van der Waals surface area contributed by atoms with Crippen molar-refractivity contribution in [3.05, 3.63) is 0 Å². The minimum atomic E-state index is 0.940. The Morgan fingerprint density at radius 2 is 1.39 bits per heavy atom. The van der Waals surface area contributed by atoms with E-state index in [4.69, 9.17) is 9.84 Å². The van der Waals surface area contributed by atoms with Crippen molar-refractivity contribution < 1.29 is 9.84 Å². The second kappa shape index (κ2) is 19.2. The summed E-state index contributed by atoms with van der Waals surface area (Å²) in [6, 6.07) is 0. The van der Waals surface area contributed by atoms with Crippen molar-refractivity contribution in [3.63, 3.8) is 0 Å². The zero-order valence-corrected chi connectivity index (χ0v) is 13.1. The fourth-order valence-electron chi connectivity index (χ4n) is 1.94. The molecule has 0 aliphatic carbocycles. The summed E-state index contributed by atoms with van der Waals surface area (Å²) in [6.45, 7) is 11.7. The molecule has 1 aliphatic heterocycles. The molecule has 0 aromatic rings. The van der Waals surface area contributed by atoms with Crippen molar-refractivity contribution in [1.82, 2.24) is 4.90 Å². The number of nitrogens with zero attached hydrogens (tertiary/aromatic N) is 1. The Kier molecular flexibility index (Phi) is 21.6. The maximum atomic E-state index is 7.00. The molecule has 0 spiro atoms. The number of hydrogen-bond donors (Lipinski definition) is 1. The van der Waals surface area contributed by atoms with E-state index in [2.05, 4.69) is 11.8 Å². The number of rotatable bonds is 7. The summed E-state index contributed by atoms with van der Waals surface area (Å²) in [7, 11) is 1.00. The van der Waals surface area contributed by atoms with E-state index >= 15 is 0 Å². The average molecular weight is 261 g/mol. The van der Waals surface area contributed by atoms with Crippen LogP contribution in [-0.2, 0) is 4.74 Å². The molecule has 1 aliphatic rings. The van der Waals surface area contributed by atoms with E-state index in [9.17, 15) is 0 Å². The predicted molar refractivity (Wildman–Crippen MR) is 80.1 cm³/mol. The van der Waals surface area contributed by atoms with Crippen molar-refractivity contribution in [2.75, 3.05) is 40.0 Å². The molecule has 1 saturated heterocycles. The molecule has 0 unspecified atom stereocenters. The highest BCUT2D eigenvalue weighted by Crippen LogP contribution is 2.06. The Hall–Kier alpha value is -0.120. The summed E-state index contributed by atoms with van der Waals surface area (Å²) in [5.74, 6) is 0. The Morgan fingerprint density at radius 3 is 1.94 bits per heavy atom. The third kappa shape index (κ3) is 13.9. The van der Waals surface area contributed by atoms with Gasteiger partial charge >= 0.3 is 0 Å². The molecule has 1 fully saturated rings. The monoisotopic (exact) mass is 261 g/mol. The van der Waals surface area contributed by atoms with Crippen LogP contribution in [0.1, 0.15) is 59.3 Å². The maximum absolute atomic E-state index is 7.00. The molecule has 0 aromatic carbocycles. The highest BCUT2D eigenvalue weighted by molar-refractivity contribution is 4.61. The van der Waals surface area contributed by atoms with Crippen LogP contribution in [0.25, 0.3) is 0 Å². The van der Waals surface area contributed by atoms with E-state index in [1.54, 1.807) is 0 Å². The van der Waals surface area contributed by atoms with Crippen LogP contribution in [0.3, 0.4) is 0 Å². The lowest BCUT2D eigenvalue weighted by Crippen LogP contribution is -2.36. The van der Waals surface area contributed by atoms with E-state index in [0.717, 1.165) is 33.4 Å². The highest BCUT2D eigenvalue weighted by atomic mass is 16.5. The largest absolute Gasteiger partial charge is 0.400 e. The standard InChI is InChI=1S/C12H25NO.C2H6.CH4O/c1-2-3-4-5-6-7-8-13-9-11-14-12-10-13;2*1-2/h2-12H2,1H3;1-2H3;2H,1H3. The van der Waals surface area contributed by atoms with E-state index in [0.29, 0.717) is 0 Å². The lowest BCUT2D eigenvalue weighted by molar-refractivity contribution is 0.0371. The van der Waals surface area contributed by atoms with Crippen LogP contribution in [0.4, 0.5) is 0 Å². The van der Waals surface area contributed by atoms with Gasteiger partial charge in [0.05, 0.1) is 13.2 Å². The van der Waals surface area contributed by atoms with Gasteiger partial charge in [-0.3, -0.25) is 4.90 Å². The van der Waals surface area contributed by atoms with Crippen LogP contribution in [0.2, 0.25) is 0 Å². The number of unbranched alkanes of at least 4 members (excludes halogenated alkanes) is 5. The van der Waals surface area contributed by atoms with Crippen molar-refractivity contribution in [1.29, 1.82) is 0 Å². The van der Waals surface area contributed by atoms with Crippen molar-refractivity contribution in [2.24, 2.45) is 0 Å². The quantitative estimate of drug-likeness (QED) is 0.714. The third-order valence-corrected chi connectivity index (χ3v) is 2.93. The van der Waals surface area contributed by atoms with E-state index in [1.165, 1.54) is 45.1 Å². The molecule has 1 heterocycles. The highest BCUT2D eigenvalue weighted by Gasteiger charge is 2.08. The van der Waals surface area contributed by atoms with Crippen LogP contribution >= 0.6 is 0 Å². The fourth-order valence-corrected chi connectivity index (χ4v) is 1.94. The number of hydrogen-bond acceptors (Lipinski definition) is 3. The topological polar surface area (TPSA) is 32.7 Å². The molecular weight excluding hydrogens is 226 g/mol. The number of aliphatic hydroxyl groups is 1. The van der Waals surface area contributed by atoms with Gasteiger partial charge in [0.1, 0.15) is 0 Å². The van der Waals surface area contributed by atoms with Gasteiger partial charge in [0.2, 0.25) is 0 Å². The SMILES string of the molecule is CC.CCCCCCCCN1CCOCC1.CO. The van der Waals surface area contributed by atoms with Gasteiger partial charge in [-0.1, -0.05) is 52.9 Å². The molecule has 112 valence electrons. The molecule has 0 saturated carbocycles. The lowest BCUT2D eigenvalue weighted by Gasteiger charge is -2.26. The minimum Gasteiger partial charge on any atom is -0.400 e. The van der Waals surface area contributed by atoms with E-state index in [1.807, 2.05) is 13.8 Å². The molecule has 0 amide bonds. The van der Waals surface area contributed by atoms with Crippen molar-refractivity contribution in [2.45, 2.75) is 59.3 Å². The summed E-state index contributed by atoms with van der Waals surface area (Å²) in [6.07, 6.45) is 8.42. The summed E-state index contributed by atoms with van der Waals surface area (Å²) < 4.78 is 5.32. The van der Waals surface area contributed by atoms with Gasteiger partial charge < -0.3 is 9.84 Å². The van der Waals surface area contributed by atoms with Gasteiger partial charge in [-0.15, -0.1) is 0 Å². The Morgan fingerprint density at radius 1 is 0.889 bits per heavy atom. The number of morpholine rings is 1. The molecule has 1 rings (SSSR count). The average Bonchev–Trinajstić information content (AvgIpc) is 2.48. The van der Waals surface area contributed by atoms with Crippen LogP contribution in [0.5, 0.6) is 0 Å².